The van der Waals surface area contributed by atoms with Gasteiger partial charge in [-0.2, -0.15) is 0 Å². The average Bonchev–Trinajstić information content (AvgIpc) is 3.68. The average molecular weight is 649 g/mol. The number of fused-ring (bicyclic) bond motifs is 3. The molecule has 2 saturated carbocycles. The molecule has 6 heteroatoms. The van der Waals surface area contributed by atoms with Crippen molar-refractivity contribution in [2.75, 3.05) is 0 Å². The van der Waals surface area contributed by atoms with Crippen molar-refractivity contribution in [3.8, 4) is 0 Å². The van der Waals surface area contributed by atoms with Crippen molar-refractivity contribution in [2.45, 2.75) is 89.2 Å². The number of hydrogen-bond acceptors (Lipinski definition) is 5. The molecule has 0 unspecified atom stereocenters. The second kappa shape index (κ2) is 11.3. The van der Waals surface area contributed by atoms with Crippen LogP contribution in [0.2, 0.25) is 0 Å². The monoisotopic (exact) mass is 648 g/mol. The van der Waals surface area contributed by atoms with E-state index in [1.807, 2.05) is 38.1 Å². The minimum Gasteiger partial charge on any atom is -0.341 e. The van der Waals surface area contributed by atoms with Crippen LogP contribution in [-0.4, -0.2) is 24.1 Å². The topological polar surface area (TPSA) is 46.2 Å². The largest absolute Gasteiger partial charge is 0.341 e. The quantitative estimate of drug-likeness (QED) is 0.195. The van der Waals surface area contributed by atoms with E-state index in [2.05, 4.69) is 118 Å². The summed E-state index contributed by atoms with van der Waals surface area (Å²) in [5, 5.41) is 0. The Morgan fingerprint density at radius 2 is 0.957 bits per heavy atom. The summed E-state index contributed by atoms with van der Waals surface area (Å²) >= 11 is 0. The Morgan fingerprint density at radius 3 is 1.30 bits per heavy atom. The molecule has 4 aromatic carbocycles. The molecule has 4 fully saturated rings. The van der Waals surface area contributed by atoms with Gasteiger partial charge < -0.3 is 14.0 Å². The molecular formula is C41H45O5P. The first kappa shape index (κ1) is 31.4. The van der Waals surface area contributed by atoms with Crippen molar-refractivity contribution in [3.63, 3.8) is 0 Å². The second-order valence-electron chi connectivity index (χ2n) is 15.2. The van der Waals surface area contributed by atoms with E-state index in [0.717, 1.165) is 35.1 Å². The molecule has 2 aliphatic carbocycles. The van der Waals surface area contributed by atoms with Gasteiger partial charge in [-0.05, 0) is 72.1 Å². The van der Waals surface area contributed by atoms with Gasteiger partial charge in [0.25, 0.3) is 0 Å². The van der Waals surface area contributed by atoms with Crippen molar-refractivity contribution >= 4 is 8.60 Å². The maximum Gasteiger partial charge on any atom is 0.335 e. The van der Waals surface area contributed by atoms with Gasteiger partial charge in [-0.25, -0.2) is 0 Å². The molecule has 4 aliphatic rings. The molecule has 244 valence electrons. The van der Waals surface area contributed by atoms with Crippen LogP contribution in [0.25, 0.3) is 0 Å². The zero-order valence-corrected chi connectivity index (χ0v) is 28.9. The smallest absolute Gasteiger partial charge is 0.335 e. The Morgan fingerprint density at radius 1 is 0.574 bits per heavy atom. The van der Waals surface area contributed by atoms with E-state index >= 15 is 0 Å². The summed E-state index contributed by atoms with van der Waals surface area (Å²) in [6.45, 7) is 11.1. The fourth-order valence-corrected chi connectivity index (χ4v) is 11.2. The van der Waals surface area contributed by atoms with Gasteiger partial charge in [0, 0.05) is 0 Å². The maximum atomic E-state index is 7.60. The Kier molecular flexibility index (Phi) is 7.57. The van der Waals surface area contributed by atoms with E-state index in [0.29, 0.717) is 5.92 Å². The standard InChI is InChI=1S/C41H45O5P/c1-37(2)33-26-27-39(5,28-33)36(37)44-47-45-40(29-18-10-6-11-19-29,30-20-12-7-13-21-30)34-35(43-38(3,4)42-34)41(46-47,31-22-14-8-15-23-31)32-24-16-9-17-25-32/h6-25,33-36H,26-28H2,1-5H3/t33-,34-,35-,36-,39+/m0/s1. The Bertz CT molecular complexity index is 1510. The van der Waals surface area contributed by atoms with E-state index in [1.165, 1.54) is 6.42 Å². The van der Waals surface area contributed by atoms with Gasteiger partial charge in [-0.15, -0.1) is 0 Å². The number of rotatable bonds is 6. The highest BCUT2D eigenvalue weighted by molar-refractivity contribution is 7.41. The summed E-state index contributed by atoms with van der Waals surface area (Å²) in [4.78, 5) is 0. The predicted molar refractivity (Wildman–Crippen MR) is 184 cm³/mol. The molecule has 47 heavy (non-hydrogen) atoms. The van der Waals surface area contributed by atoms with Crippen LogP contribution in [0, 0.1) is 16.7 Å². The van der Waals surface area contributed by atoms with Crippen LogP contribution >= 0.6 is 8.60 Å². The third-order valence-corrected chi connectivity index (χ3v) is 12.7. The van der Waals surface area contributed by atoms with Crippen LogP contribution < -0.4 is 0 Å². The Hall–Kier alpha value is -2.89. The number of ether oxygens (including phenoxy) is 2. The van der Waals surface area contributed by atoms with Gasteiger partial charge in [-0.1, -0.05) is 142 Å². The van der Waals surface area contributed by atoms with Crippen molar-refractivity contribution < 1.29 is 23.0 Å². The van der Waals surface area contributed by atoms with Gasteiger partial charge in [0.2, 0.25) is 0 Å². The lowest BCUT2D eigenvalue weighted by Gasteiger charge is -2.45. The minimum atomic E-state index is -2.00. The molecule has 5 atom stereocenters. The Labute approximate surface area is 280 Å². The molecule has 0 aromatic heterocycles. The highest BCUT2D eigenvalue weighted by atomic mass is 31.2. The lowest BCUT2D eigenvalue weighted by molar-refractivity contribution is -0.178. The van der Waals surface area contributed by atoms with Gasteiger partial charge in [0.15, 0.2) is 17.0 Å². The Balaban J connectivity index is 1.41. The minimum absolute atomic E-state index is 0.0243. The first-order valence-corrected chi connectivity index (χ1v) is 18.1. The zero-order valence-electron chi connectivity index (χ0n) is 28.0. The summed E-state index contributed by atoms with van der Waals surface area (Å²) in [5.74, 6) is -0.320. The molecule has 0 spiro atoms. The molecular weight excluding hydrogens is 603 g/mol. The van der Waals surface area contributed by atoms with Crippen molar-refractivity contribution in [3.05, 3.63) is 144 Å². The molecule has 8 rings (SSSR count). The maximum absolute atomic E-state index is 7.60. The SMILES string of the molecule is CC1(C)O[C@H]2[C@H](O1)C(c1ccccc1)(c1ccccc1)OP(O[C@H]1C(C)(C)[C@H]3CC[C@]1(C)C3)OC2(c1ccccc1)c1ccccc1. The van der Waals surface area contributed by atoms with Crippen molar-refractivity contribution in [1.29, 1.82) is 0 Å². The molecule has 2 heterocycles. The fraction of sp³-hybridized carbons (Fsp3) is 0.415. The van der Waals surface area contributed by atoms with E-state index < -0.39 is 37.8 Å². The summed E-state index contributed by atoms with van der Waals surface area (Å²) < 4.78 is 36.8. The van der Waals surface area contributed by atoms with Crippen molar-refractivity contribution in [1.82, 2.24) is 0 Å². The number of hydrogen-bond donors (Lipinski definition) is 0. The van der Waals surface area contributed by atoms with Crippen LogP contribution in [0.4, 0.5) is 0 Å². The second-order valence-corrected chi connectivity index (χ2v) is 16.2. The summed E-state index contributed by atoms with van der Waals surface area (Å²) in [6, 6.07) is 41.7. The molecule has 2 saturated heterocycles. The van der Waals surface area contributed by atoms with Gasteiger partial charge >= 0.3 is 8.60 Å². The molecule has 0 N–H and O–H groups in total. The van der Waals surface area contributed by atoms with Gasteiger partial charge in [0.1, 0.15) is 12.2 Å². The molecule has 0 amide bonds. The zero-order chi connectivity index (χ0) is 32.5. The van der Waals surface area contributed by atoms with E-state index in [1.54, 1.807) is 0 Å². The third-order valence-electron chi connectivity index (χ3n) is 11.5. The van der Waals surface area contributed by atoms with Gasteiger partial charge in [-0.3, -0.25) is 9.05 Å². The summed E-state index contributed by atoms with van der Waals surface area (Å²) in [6.07, 6.45) is 2.28. The van der Waals surface area contributed by atoms with Gasteiger partial charge in [0.05, 0.1) is 6.10 Å². The van der Waals surface area contributed by atoms with Crippen molar-refractivity contribution in [2.24, 2.45) is 16.7 Å². The molecule has 4 aromatic rings. The molecule has 2 aliphatic heterocycles. The first-order valence-electron chi connectivity index (χ1n) is 17.0. The van der Waals surface area contributed by atoms with Crippen LogP contribution in [0.5, 0.6) is 0 Å². The van der Waals surface area contributed by atoms with Crippen LogP contribution in [0.15, 0.2) is 121 Å². The van der Waals surface area contributed by atoms with E-state index in [4.69, 9.17) is 23.0 Å². The van der Waals surface area contributed by atoms with E-state index in [9.17, 15) is 0 Å². The van der Waals surface area contributed by atoms with Crippen LogP contribution in [0.3, 0.4) is 0 Å². The summed E-state index contributed by atoms with van der Waals surface area (Å²) in [7, 11) is -2.00. The number of benzene rings is 4. The highest BCUT2D eigenvalue weighted by Gasteiger charge is 2.69. The van der Waals surface area contributed by atoms with Crippen LogP contribution in [-0.2, 0) is 34.2 Å². The van der Waals surface area contributed by atoms with Crippen LogP contribution in [0.1, 0.15) is 76.1 Å². The molecule has 5 nitrogen and oxygen atoms in total. The molecule has 0 radical (unpaired) electrons. The lowest BCUT2D eigenvalue weighted by Crippen LogP contribution is -2.53. The fourth-order valence-electron chi connectivity index (χ4n) is 9.31. The summed E-state index contributed by atoms with van der Waals surface area (Å²) in [5.41, 5.74) is 1.68. The van der Waals surface area contributed by atoms with E-state index in [-0.39, 0.29) is 16.9 Å². The lowest BCUT2D eigenvalue weighted by atomic mass is 9.70. The first-order chi connectivity index (χ1) is 22.6. The third kappa shape index (κ3) is 4.89. The predicted octanol–water partition coefficient (Wildman–Crippen LogP) is 9.90. The molecule has 2 bridgehead atoms. The highest BCUT2D eigenvalue weighted by Crippen LogP contribution is 2.70. The normalized spacial score (nSPS) is 31.7.